The van der Waals surface area contributed by atoms with E-state index in [0.29, 0.717) is 5.82 Å². The lowest BCUT2D eigenvalue weighted by molar-refractivity contribution is -0.127. The highest BCUT2D eigenvalue weighted by Gasteiger charge is 2.26. The number of furan rings is 1. The monoisotopic (exact) mass is 317 g/mol. The van der Waals surface area contributed by atoms with Gasteiger partial charge in [0.05, 0.1) is 18.8 Å². The number of carbonyl (C=O) groups is 1. The molecule has 1 aliphatic rings. The van der Waals surface area contributed by atoms with Crippen LogP contribution < -0.4 is 5.32 Å². The van der Waals surface area contributed by atoms with Crippen molar-refractivity contribution in [3.05, 3.63) is 35.8 Å². The molecule has 0 unspecified atom stereocenters. The normalized spacial score (nSPS) is 18.0. The van der Waals surface area contributed by atoms with Gasteiger partial charge < -0.3 is 9.73 Å². The molecule has 0 aliphatic carbocycles. The summed E-state index contributed by atoms with van der Waals surface area (Å²) in [6.07, 6.45) is 3.43. The summed E-state index contributed by atoms with van der Waals surface area (Å²) in [4.78, 5) is 19.0. The zero-order chi connectivity index (χ0) is 16.2. The van der Waals surface area contributed by atoms with Crippen molar-refractivity contribution in [3.8, 4) is 0 Å². The maximum atomic E-state index is 12.4. The first-order chi connectivity index (χ1) is 11.1. The van der Waals surface area contributed by atoms with Gasteiger partial charge >= 0.3 is 0 Å². The lowest BCUT2D eigenvalue weighted by atomic mass is 9.95. The van der Waals surface area contributed by atoms with E-state index < -0.39 is 0 Å². The molecule has 2 N–H and O–H groups in total. The predicted octanol–water partition coefficient (Wildman–Crippen LogP) is 1.80. The maximum Gasteiger partial charge on any atom is 0.223 e. The zero-order valence-corrected chi connectivity index (χ0v) is 13.6. The second-order valence-corrected chi connectivity index (χ2v) is 6.14. The Morgan fingerprint density at radius 2 is 2.30 bits per heavy atom. The number of likely N-dealkylation sites (tertiary alicyclic amines) is 1. The molecule has 1 amide bonds. The molecule has 2 aromatic heterocycles. The Kier molecular flexibility index (Phi) is 4.76. The molecule has 23 heavy (non-hydrogen) atoms. The van der Waals surface area contributed by atoms with E-state index in [-0.39, 0.29) is 17.9 Å². The summed E-state index contributed by atoms with van der Waals surface area (Å²) in [7, 11) is 0. The molecule has 7 nitrogen and oxygen atoms in total. The Bertz CT molecular complexity index is 629. The van der Waals surface area contributed by atoms with Crippen LogP contribution >= 0.6 is 0 Å². The highest BCUT2D eigenvalue weighted by atomic mass is 16.3. The van der Waals surface area contributed by atoms with Crippen molar-refractivity contribution >= 4 is 5.91 Å². The molecule has 7 heteroatoms. The van der Waals surface area contributed by atoms with E-state index in [9.17, 15) is 4.79 Å². The van der Waals surface area contributed by atoms with E-state index in [1.54, 1.807) is 6.26 Å². The number of aryl methyl sites for hydroxylation is 1. The fourth-order valence-corrected chi connectivity index (χ4v) is 2.93. The quantitative estimate of drug-likeness (QED) is 0.878. The molecular weight excluding hydrogens is 294 g/mol. The molecule has 0 aromatic carbocycles. The van der Waals surface area contributed by atoms with Crippen molar-refractivity contribution in [1.29, 1.82) is 0 Å². The van der Waals surface area contributed by atoms with Crippen LogP contribution in [0.5, 0.6) is 0 Å². The molecule has 3 rings (SSSR count). The van der Waals surface area contributed by atoms with Crippen LogP contribution in [0, 0.1) is 12.8 Å². The Labute approximate surface area is 135 Å². The summed E-state index contributed by atoms with van der Waals surface area (Å²) in [5.41, 5.74) is 0. The first kappa shape index (κ1) is 15.7. The third-order valence-electron chi connectivity index (χ3n) is 4.28. The average molecular weight is 317 g/mol. The second kappa shape index (κ2) is 6.95. The first-order valence-corrected chi connectivity index (χ1v) is 8.06. The summed E-state index contributed by atoms with van der Waals surface area (Å²) < 4.78 is 5.38. The number of hydrogen-bond donors (Lipinski definition) is 2. The largest absolute Gasteiger partial charge is 0.468 e. The molecule has 2 aromatic rings. The van der Waals surface area contributed by atoms with E-state index in [1.165, 1.54) is 0 Å². The standard InChI is InChI=1S/C16H23N5O2/c1-11(15-18-12(2)19-20-15)17-16(22)13-5-7-21(8-6-13)10-14-4-3-9-23-14/h3-4,9,11,13H,5-8,10H2,1-2H3,(H,17,22)(H,18,19,20)/t11-/m1/s1. The summed E-state index contributed by atoms with van der Waals surface area (Å²) in [5, 5.41) is 9.92. The minimum Gasteiger partial charge on any atom is -0.468 e. The van der Waals surface area contributed by atoms with E-state index in [0.717, 1.165) is 44.1 Å². The molecule has 3 heterocycles. The highest BCUT2D eigenvalue weighted by molar-refractivity contribution is 5.79. The number of piperidine rings is 1. The number of nitrogens with zero attached hydrogens (tertiary/aromatic N) is 3. The number of aromatic nitrogens is 3. The first-order valence-electron chi connectivity index (χ1n) is 8.06. The summed E-state index contributed by atoms with van der Waals surface area (Å²) in [6, 6.07) is 3.72. The van der Waals surface area contributed by atoms with E-state index in [4.69, 9.17) is 4.42 Å². The van der Waals surface area contributed by atoms with Crippen molar-refractivity contribution in [3.63, 3.8) is 0 Å². The molecule has 1 aliphatic heterocycles. The lowest BCUT2D eigenvalue weighted by Gasteiger charge is -2.31. The van der Waals surface area contributed by atoms with Gasteiger partial charge in [-0.3, -0.25) is 14.8 Å². The number of carbonyl (C=O) groups excluding carboxylic acids is 1. The third kappa shape index (κ3) is 3.98. The lowest BCUT2D eigenvalue weighted by Crippen LogP contribution is -2.41. The number of H-pyrrole nitrogens is 1. The van der Waals surface area contributed by atoms with Crippen LogP contribution in [-0.2, 0) is 11.3 Å². The topological polar surface area (TPSA) is 87.1 Å². The van der Waals surface area contributed by atoms with Crippen LogP contribution in [0.15, 0.2) is 22.8 Å². The van der Waals surface area contributed by atoms with Gasteiger partial charge in [0.25, 0.3) is 0 Å². The molecule has 0 spiro atoms. The van der Waals surface area contributed by atoms with Crippen molar-refractivity contribution < 1.29 is 9.21 Å². The van der Waals surface area contributed by atoms with E-state index >= 15 is 0 Å². The Balaban J connectivity index is 1.46. The smallest absolute Gasteiger partial charge is 0.223 e. The number of hydrogen-bond acceptors (Lipinski definition) is 5. The molecular formula is C16H23N5O2. The molecule has 0 saturated carbocycles. The minimum atomic E-state index is -0.173. The maximum absolute atomic E-state index is 12.4. The fraction of sp³-hybridized carbons (Fsp3) is 0.562. The Morgan fingerprint density at radius 1 is 1.52 bits per heavy atom. The molecule has 0 radical (unpaired) electrons. The predicted molar refractivity (Wildman–Crippen MR) is 84.4 cm³/mol. The number of nitrogens with one attached hydrogen (secondary N) is 2. The second-order valence-electron chi connectivity index (χ2n) is 6.14. The van der Waals surface area contributed by atoms with Crippen LogP contribution in [0.1, 0.15) is 43.2 Å². The van der Waals surface area contributed by atoms with Gasteiger partial charge in [0, 0.05) is 5.92 Å². The van der Waals surface area contributed by atoms with Gasteiger partial charge in [-0.15, -0.1) is 0 Å². The highest BCUT2D eigenvalue weighted by Crippen LogP contribution is 2.20. The van der Waals surface area contributed by atoms with Crippen LogP contribution in [0.25, 0.3) is 0 Å². The van der Waals surface area contributed by atoms with Gasteiger partial charge in [0.1, 0.15) is 11.6 Å². The molecule has 1 saturated heterocycles. The van der Waals surface area contributed by atoms with Gasteiger partial charge in [-0.2, -0.15) is 5.10 Å². The minimum absolute atomic E-state index is 0.0605. The summed E-state index contributed by atoms with van der Waals surface area (Å²) in [6.45, 7) is 6.39. The Hall–Kier alpha value is -2.15. The number of aromatic amines is 1. The van der Waals surface area contributed by atoms with E-state index in [2.05, 4.69) is 25.4 Å². The molecule has 124 valence electrons. The van der Waals surface area contributed by atoms with Gasteiger partial charge in [-0.25, -0.2) is 4.98 Å². The van der Waals surface area contributed by atoms with Crippen LogP contribution in [0.2, 0.25) is 0 Å². The van der Waals surface area contributed by atoms with Gasteiger partial charge in [-0.05, 0) is 51.9 Å². The van der Waals surface area contributed by atoms with Crippen LogP contribution in [0.3, 0.4) is 0 Å². The summed E-state index contributed by atoms with van der Waals surface area (Å²) in [5.74, 6) is 2.52. The van der Waals surface area contributed by atoms with Gasteiger partial charge in [0.2, 0.25) is 5.91 Å². The fourth-order valence-electron chi connectivity index (χ4n) is 2.93. The number of rotatable bonds is 5. The molecule has 1 fully saturated rings. The van der Waals surface area contributed by atoms with Crippen molar-refractivity contribution in [2.24, 2.45) is 5.92 Å². The molecule has 1 atom stereocenters. The van der Waals surface area contributed by atoms with Gasteiger partial charge in [0.15, 0.2) is 5.82 Å². The number of amides is 1. The summed E-state index contributed by atoms with van der Waals surface area (Å²) >= 11 is 0. The van der Waals surface area contributed by atoms with Crippen LogP contribution in [0.4, 0.5) is 0 Å². The van der Waals surface area contributed by atoms with Crippen molar-refractivity contribution in [2.45, 2.75) is 39.3 Å². The van der Waals surface area contributed by atoms with Crippen molar-refractivity contribution in [1.82, 2.24) is 25.4 Å². The SMILES string of the molecule is Cc1nc([C@@H](C)NC(=O)C2CCN(Cc3ccco3)CC2)n[nH]1. The zero-order valence-electron chi connectivity index (χ0n) is 13.6. The van der Waals surface area contributed by atoms with Crippen LogP contribution in [-0.4, -0.2) is 39.1 Å². The average Bonchev–Trinajstić information content (AvgIpc) is 3.19. The molecule has 0 bridgehead atoms. The third-order valence-corrected chi connectivity index (χ3v) is 4.28. The van der Waals surface area contributed by atoms with E-state index in [1.807, 2.05) is 26.0 Å². The van der Waals surface area contributed by atoms with Gasteiger partial charge in [-0.1, -0.05) is 0 Å². The van der Waals surface area contributed by atoms with Crippen molar-refractivity contribution in [2.75, 3.05) is 13.1 Å². The Morgan fingerprint density at radius 3 is 2.91 bits per heavy atom.